The van der Waals surface area contributed by atoms with Crippen molar-refractivity contribution in [1.29, 1.82) is 0 Å². The molecule has 20 heavy (non-hydrogen) atoms. The van der Waals surface area contributed by atoms with E-state index in [1.54, 1.807) is 0 Å². The first-order valence-corrected chi connectivity index (χ1v) is 7.87. The van der Waals surface area contributed by atoms with Crippen LogP contribution < -0.4 is 0 Å². The predicted molar refractivity (Wildman–Crippen MR) is 80.0 cm³/mol. The number of hydrogen-bond donors (Lipinski definition) is 1. The molecule has 1 saturated heterocycles. The third kappa shape index (κ3) is 2.90. The largest absolute Gasteiger partial charge is 0.390 e. The second-order valence-electron chi connectivity index (χ2n) is 6.11. The van der Waals surface area contributed by atoms with Gasteiger partial charge in [-0.3, -0.25) is 4.90 Å². The molecule has 1 fully saturated rings. The van der Waals surface area contributed by atoms with E-state index in [2.05, 4.69) is 36.1 Å². The lowest BCUT2D eigenvalue weighted by Crippen LogP contribution is -2.48. The zero-order chi connectivity index (χ0) is 13.9. The smallest absolute Gasteiger partial charge is 0.0961 e. The predicted octanol–water partition coefficient (Wildman–Crippen LogP) is 2.19. The van der Waals surface area contributed by atoms with Crippen LogP contribution in [0.5, 0.6) is 0 Å². The maximum atomic E-state index is 10.5. The lowest BCUT2D eigenvalue weighted by atomic mass is 9.74. The van der Waals surface area contributed by atoms with Crippen LogP contribution in [0.3, 0.4) is 0 Å². The van der Waals surface area contributed by atoms with Crippen molar-refractivity contribution in [2.75, 3.05) is 26.2 Å². The number of nitrogens with zero attached hydrogens (tertiary/aromatic N) is 1. The highest BCUT2D eigenvalue weighted by Crippen LogP contribution is 2.38. The third-order valence-corrected chi connectivity index (χ3v) is 4.63. The van der Waals surface area contributed by atoms with Gasteiger partial charge in [-0.25, -0.2) is 0 Å². The van der Waals surface area contributed by atoms with E-state index >= 15 is 0 Å². The molecule has 0 saturated carbocycles. The zero-order valence-electron chi connectivity index (χ0n) is 12.3. The number of fused-ring (bicyclic) bond motifs is 1. The molecule has 3 rings (SSSR count). The highest BCUT2D eigenvalue weighted by atomic mass is 16.5. The van der Waals surface area contributed by atoms with E-state index in [0.29, 0.717) is 5.92 Å². The van der Waals surface area contributed by atoms with Crippen molar-refractivity contribution in [2.45, 2.75) is 44.3 Å². The number of benzene rings is 1. The third-order valence-electron chi connectivity index (χ3n) is 4.63. The molecule has 0 aromatic heterocycles. The van der Waals surface area contributed by atoms with Gasteiger partial charge in [-0.05, 0) is 42.9 Å². The standard InChI is InChI=1S/C17H25NO2/c1-2-7-18-8-9-20-17(12-18)16(19)11-14-10-13-5-3-4-6-15(13)14/h3-6,14,16-17,19H,2,7-12H2,1H3. The maximum Gasteiger partial charge on any atom is 0.0961 e. The second-order valence-corrected chi connectivity index (χ2v) is 6.11. The monoisotopic (exact) mass is 275 g/mol. The first-order valence-electron chi connectivity index (χ1n) is 7.87. The molecule has 0 amide bonds. The minimum absolute atomic E-state index is 0.0111. The average Bonchev–Trinajstić information content (AvgIpc) is 2.45. The van der Waals surface area contributed by atoms with Gasteiger partial charge in [0.15, 0.2) is 0 Å². The Morgan fingerprint density at radius 1 is 1.40 bits per heavy atom. The van der Waals surface area contributed by atoms with E-state index in [-0.39, 0.29) is 12.2 Å². The Labute approximate surface area is 121 Å². The first-order chi connectivity index (χ1) is 9.78. The van der Waals surface area contributed by atoms with E-state index in [9.17, 15) is 5.11 Å². The van der Waals surface area contributed by atoms with Crippen LogP contribution in [0.15, 0.2) is 24.3 Å². The normalized spacial score (nSPS) is 27.7. The molecule has 1 aliphatic heterocycles. The number of rotatable bonds is 5. The molecule has 1 N–H and O–H groups in total. The number of morpholine rings is 1. The SMILES string of the molecule is CCCN1CCOC(C(O)CC2Cc3ccccc32)C1. The first kappa shape index (κ1) is 14.1. The number of hydrogen-bond acceptors (Lipinski definition) is 3. The maximum absolute atomic E-state index is 10.5. The summed E-state index contributed by atoms with van der Waals surface area (Å²) in [5.41, 5.74) is 2.87. The molecule has 0 radical (unpaired) electrons. The highest BCUT2D eigenvalue weighted by Gasteiger charge is 2.32. The van der Waals surface area contributed by atoms with Crippen molar-refractivity contribution >= 4 is 0 Å². The summed E-state index contributed by atoms with van der Waals surface area (Å²) in [5, 5.41) is 10.5. The number of ether oxygens (including phenoxy) is 1. The van der Waals surface area contributed by atoms with Gasteiger partial charge in [0.05, 0.1) is 18.8 Å². The zero-order valence-corrected chi connectivity index (χ0v) is 12.3. The Morgan fingerprint density at radius 2 is 2.25 bits per heavy atom. The summed E-state index contributed by atoms with van der Waals surface area (Å²) in [5.74, 6) is 0.520. The summed E-state index contributed by atoms with van der Waals surface area (Å²) in [6.07, 6.45) is 2.76. The fraction of sp³-hybridized carbons (Fsp3) is 0.647. The Kier molecular flexibility index (Phi) is 4.39. The Balaban J connectivity index is 1.54. The number of aliphatic hydroxyl groups is 1. The second kappa shape index (κ2) is 6.25. The molecule has 1 aromatic carbocycles. The van der Waals surface area contributed by atoms with Gasteiger partial charge in [-0.2, -0.15) is 0 Å². The van der Waals surface area contributed by atoms with Crippen molar-refractivity contribution in [3.05, 3.63) is 35.4 Å². The van der Waals surface area contributed by atoms with Gasteiger partial charge in [-0.1, -0.05) is 31.2 Å². The number of aliphatic hydroxyl groups excluding tert-OH is 1. The van der Waals surface area contributed by atoms with Crippen LogP contribution in [-0.2, 0) is 11.2 Å². The molecule has 1 aromatic rings. The van der Waals surface area contributed by atoms with Crippen LogP contribution in [0.2, 0.25) is 0 Å². The van der Waals surface area contributed by atoms with Crippen LogP contribution in [0.4, 0.5) is 0 Å². The molecule has 2 aliphatic rings. The van der Waals surface area contributed by atoms with Crippen LogP contribution in [-0.4, -0.2) is 48.5 Å². The Bertz CT molecular complexity index is 446. The molecule has 3 atom stereocenters. The van der Waals surface area contributed by atoms with Gasteiger partial charge in [-0.15, -0.1) is 0 Å². The highest BCUT2D eigenvalue weighted by molar-refractivity contribution is 5.39. The van der Waals surface area contributed by atoms with Crippen molar-refractivity contribution in [3.63, 3.8) is 0 Å². The van der Waals surface area contributed by atoms with Gasteiger partial charge < -0.3 is 9.84 Å². The van der Waals surface area contributed by atoms with E-state index in [4.69, 9.17) is 4.74 Å². The lowest BCUT2D eigenvalue weighted by Gasteiger charge is -2.38. The molecule has 0 spiro atoms. The fourth-order valence-electron chi connectivity index (χ4n) is 3.50. The summed E-state index contributed by atoms with van der Waals surface area (Å²) in [7, 11) is 0. The van der Waals surface area contributed by atoms with E-state index in [1.165, 1.54) is 17.5 Å². The Morgan fingerprint density at radius 3 is 3.05 bits per heavy atom. The average molecular weight is 275 g/mol. The minimum Gasteiger partial charge on any atom is -0.390 e. The molecular formula is C17H25NO2. The van der Waals surface area contributed by atoms with Crippen LogP contribution >= 0.6 is 0 Å². The van der Waals surface area contributed by atoms with Crippen LogP contribution in [0, 0.1) is 0 Å². The van der Waals surface area contributed by atoms with Crippen molar-refractivity contribution in [1.82, 2.24) is 4.90 Å². The Hall–Kier alpha value is -0.900. The molecule has 1 aliphatic carbocycles. The summed E-state index contributed by atoms with van der Waals surface area (Å²) in [4.78, 5) is 2.41. The van der Waals surface area contributed by atoms with Crippen LogP contribution in [0.1, 0.15) is 36.8 Å². The molecule has 3 heteroatoms. The quantitative estimate of drug-likeness (QED) is 0.894. The minimum atomic E-state index is -0.340. The lowest BCUT2D eigenvalue weighted by molar-refractivity contribution is -0.0922. The summed E-state index contributed by atoms with van der Waals surface area (Å²) < 4.78 is 5.78. The molecule has 3 nitrogen and oxygen atoms in total. The summed E-state index contributed by atoms with van der Waals surface area (Å²) in [6.45, 7) is 5.95. The van der Waals surface area contributed by atoms with Gasteiger partial charge >= 0.3 is 0 Å². The van der Waals surface area contributed by atoms with Crippen molar-refractivity contribution < 1.29 is 9.84 Å². The molecule has 1 heterocycles. The van der Waals surface area contributed by atoms with Crippen molar-refractivity contribution in [2.24, 2.45) is 0 Å². The van der Waals surface area contributed by atoms with Gasteiger partial charge in [0.1, 0.15) is 0 Å². The topological polar surface area (TPSA) is 32.7 Å². The van der Waals surface area contributed by atoms with Gasteiger partial charge in [0.25, 0.3) is 0 Å². The van der Waals surface area contributed by atoms with Crippen molar-refractivity contribution in [3.8, 4) is 0 Å². The van der Waals surface area contributed by atoms with E-state index in [0.717, 1.165) is 39.1 Å². The molecule has 110 valence electrons. The van der Waals surface area contributed by atoms with Gasteiger partial charge in [0.2, 0.25) is 0 Å². The van der Waals surface area contributed by atoms with E-state index in [1.807, 2.05) is 0 Å². The molecule has 0 bridgehead atoms. The fourth-order valence-corrected chi connectivity index (χ4v) is 3.50. The summed E-state index contributed by atoms with van der Waals surface area (Å²) >= 11 is 0. The van der Waals surface area contributed by atoms with Crippen LogP contribution in [0.25, 0.3) is 0 Å². The van der Waals surface area contributed by atoms with E-state index < -0.39 is 0 Å². The molecule has 3 unspecified atom stereocenters. The summed E-state index contributed by atoms with van der Waals surface area (Å²) in [6, 6.07) is 8.58. The molecular weight excluding hydrogens is 250 g/mol. The van der Waals surface area contributed by atoms with Gasteiger partial charge in [0, 0.05) is 13.1 Å².